The summed E-state index contributed by atoms with van der Waals surface area (Å²) in [5, 5.41) is 17.5. The number of hydrogen-bond donors (Lipinski definition) is 2. The minimum absolute atomic E-state index is 0.0375. The predicted molar refractivity (Wildman–Crippen MR) is 75.6 cm³/mol. The summed E-state index contributed by atoms with van der Waals surface area (Å²) in [4.78, 5) is 4.17. The van der Waals surface area contributed by atoms with Crippen LogP contribution in [0.4, 0.5) is 5.82 Å². The Kier molecular flexibility index (Phi) is 4.63. The van der Waals surface area contributed by atoms with Gasteiger partial charge < -0.3 is 10.4 Å². The van der Waals surface area contributed by atoms with E-state index in [2.05, 4.69) is 15.4 Å². The molecule has 0 fully saturated rings. The Balaban J connectivity index is 2.09. The van der Waals surface area contributed by atoms with Gasteiger partial charge in [0.25, 0.3) is 0 Å². The van der Waals surface area contributed by atoms with Crippen molar-refractivity contribution >= 4 is 29.0 Å². The topological polar surface area (TPSA) is 63.0 Å². The molecule has 0 saturated carbocycles. The molecule has 5 nitrogen and oxygen atoms in total. The van der Waals surface area contributed by atoms with Crippen molar-refractivity contribution in [3.8, 4) is 0 Å². The van der Waals surface area contributed by atoms with Crippen LogP contribution in [-0.2, 0) is 13.1 Å². The lowest BCUT2D eigenvalue weighted by Crippen LogP contribution is -2.11. The highest BCUT2D eigenvalue weighted by Gasteiger charge is 2.07. The number of aliphatic hydroxyl groups is 1. The van der Waals surface area contributed by atoms with Crippen LogP contribution >= 0.6 is 23.2 Å². The number of anilines is 1. The molecule has 0 saturated heterocycles. The van der Waals surface area contributed by atoms with Gasteiger partial charge in [-0.05, 0) is 13.0 Å². The van der Waals surface area contributed by atoms with Gasteiger partial charge in [0.05, 0.1) is 41.1 Å². The predicted octanol–water partition coefficient (Wildman–Crippen LogP) is 2.50. The molecule has 2 heterocycles. The highest BCUT2D eigenvalue weighted by atomic mass is 35.5. The number of aryl methyl sites for hydroxylation is 1. The molecule has 0 bridgehead atoms. The largest absolute Gasteiger partial charge is 0.394 e. The normalized spacial score (nSPS) is 10.7. The van der Waals surface area contributed by atoms with Gasteiger partial charge in [-0.25, -0.2) is 4.68 Å². The average molecular weight is 301 g/mol. The zero-order chi connectivity index (χ0) is 13.8. The summed E-state index contributed by atoms with van der Waals surface area (Å²) in [5.74, 6) is 0.819. The lowest BCUT2D eigenvalue weighted by molar-refractivity contribution is 0.270. The van der Waals surface area contributed by atoms with Crippen molar-refractivity contribution < 1.29 is 5.11 Å². The van der Waals surface area contributed by atoms with Gasteiger partial charge in [0.15, 0.2) is 0 Å². The molecule has 0 radical (unpaired) electrons. The van der Waals surface area contributed by atoms with Gasteiger partial charge in [-0.15, -0.1) is 0 Å². The van der Waals surface area contributed by atoms with E-state index in [1.165, 1.54) is 0 Å². The summed E-state index contributed by atoms with van der Waals surface area (Å²) < 4.78 is 1.71. The summed E-state index contributed by atoms with van der Waals surface area (Å²) in [7, 11) is 0. The van der Waals surface area contributed by atoms with Gasteiger partial charge in [0.2, 0.25) is 0 Å². The molecule has 0 atom stereocenters. The van der Waals surface area contributed by atoms with E-state index in [1.807, 2.05) is 13.0 Å². The van der Waals surface area contributed by atoms with E-state index in [0.717, 1.165) is 11.5 Å². The molecule has 7 heteroatoms. The van der Waals surface area contributed by atoms with Crippen LogP contribution in [0.1, 0.15) is 11.4 Å². The molecule has 0 aliphatic carbocycles. The first-order valence-electron chi connectivity index (χ1n) is 5.79. The molecule has 0 aliphatic heterocycles. The minimum Gasteiger partial charge on any atom is -0.394 e. The fraction of sp³-hybridized carbons (Fsp3) is 0.333. The van der Waals surface area contributed by atoms with E-state index >= 15 is 0 Å². The third kappa shape index (κ3) is 3.59. The van der Waals surface area contributed by atoms with E-state index in [1.54, 1.807) is 16.9 Å². The van der Waals surface area contributed by atoms with E-state index in [9.17, 15) is 0 Å². The number of nitrogens with zero attached hydrogens (tertiary/aromatic N) is 3. The molecular formula is C12H14Cl2N4O. The van der Waals surface area contributed by atoms with E-state index in [4.69, 9.17) is 28.3 Å². The maximum Gasteiger partial charge on any atom is 0.124 e. The number of pyridine rings is 1. The van der Waals surface area contributed by atoms with Crippen LogP contribution in [0.2, 0.25) is 10.0 Å². The second kappa shape index (κ2) is 6.23. The van der Waals surface area contributed by atoms with Crippen LogP contribution in [-0.4, -0.2) is 26.5 Å². The van der Waals surface area contributed by atoms with Gasteiger partial charge in [-0.2, -0.15) is 5.10 Å². The zero-order valence-electron chi connectivity index (χ0n) is 10.4. The number of rotatable bonds is 5. The monoisotopic (exact) mass is 300 g/mol. The van der Waals surface area contributed by atoms with Crippen LogP contribution in [0.3, 0.4) is 0 Å². The second-order valence-corrected chi connectivity index (χ2v) is 4.90. The van der Waals surface area contributed by atoms with Crippen molar-refractivity contribution in [3.05, 3.63) is 39.8 Å². The van der Waals surface area contributed by atoms with Gasteiger partial charge in [-0.1, -0.05) is 23.2 Å². The molecule has 2 rings (SSSR count). The SMILES string of the molecule is Cc1cc(NCc2ncc(Cl)cc2Cl)n(CCO)n1. The highest BCUT2D eigenvalue weighted by molar-refractivity contribution is 6.34. The number of nitrogens with one attached hydrogen (secondary N) is 1. The summed E-state index contributed by atoms with van der Waals surface area (Å²) in [6.07, 6.45) is 1.56. The molecule has 19 heavy (non-hydrogen) atoms. The molecule has 2 aromatic rings. The van der Waals surface area contributed by atoms with E-state index < -0.39 is 0 Å². The first-order valence-corrected chi connectivity index (χ1v) is 6.55. The van der Waals surface area contributed by atoms with Crippen LogP contribution in [0, 0.1) is 6.92 Å². The Morgan fingerprint density at radius 2 is 2.16 bits per heavy atom. The first kappa shape index (κ1) is 14.1. The van der Waals surface area contributed by atoms with Crippen LogP contribution in [0.15, 0.2) is 18.3 Å². The standard InChI is InChI=1S/C12H14Cl2N4O/c1-8-4-12(18(17-8)2-3-19)16-7-11-10(14)5-9(13)6-15-11/h4-6,16,19H,2-3,7H2,1H3. The Labute approximate surface area is 121 Å². The Morgan fingerprint density at radius 1 is 1.37 bits per heavy atom. The fourth-order valence-electron chi connectivity index (χ4n) is 1.70. The molecule has 2 aromatic heterocycles. The van der Waals surface area contributed by atoms with Crippen molar-refractivity contribution in [2.24, 2.45) is 0 Å². The molecule has 0 amide bonds. The third-order valence-corrected chi connectivity index (χ3v) is 3.07. The number of hydrogen-bond acceptors (Lipinski definition) is 4. The number of aromatic nitrogens is 3. The number of aliphatic hydroxyl groups excluding tert-OH is 1. The molecular weight excluding hydrogens is 287 g/mol. The summed E-state index contributed by atoms with van der Waals surface area (Å²) in [5.41, 5.74) is 1.59. The van der Waals surface area contributed by atoms with Crippen LogP contribution < -0.4 is 5.32 Å². The van der Waals surface area contributed by atoms with Crippen molar-refractivity contribution in [2.45, 2.75) is 20.0 Å². The Hall–Kier alpha value is -1.30. The molecule has 102 valence electrons. The quantitative estimate of drug-likeness (QED) is 0.890. The van der Waals surface area contributed by atoms with Crippen molar-refractivity contribution in [3.63, 3.8) is 0 Å². The molecule has 0 aromatic carbocycles. The molecule has 0 aliphatic rings. The summed E-state index contributed by atoms with van der Waals surface area (Å²) in [6, 6.07) is 3.56. The van der Waals surface area contributed by atoms with Gasteiger partial charge >= 0.3 is 0 Å². The maximum atomic E-state index is 8.98. The van der Waals surface area contributed by atoms with E-state index in [-0.39, 0.29) is 6.61 Å². The van der Waals surface area contributed by atoms with Crippen LogP contribution in [0.5, 0.6) is 0 Å². The summed E-state index contributed by atoms with van der Waals surface area (Å²) in [6.45, 7) is 2.84. The Bertz CT molecular complexity index is 571. The maximum absolute atomic E-state index is 8.98. The minimum atomic E-state index is 0.0375. The Morgan fingerprint density at radius 3 is 2.84 bits per heavy atom. The fourth-order valence-corrected chi connectivity index (χ4v) is 2.15. The van der Waals surface area contributed by atoms with E-state index in [0.29, 0.717) is 28.8 Å². The summed E-state index contributed by atoms with van der Waals surface area (Å²) >= 11 is 11.8. The zero-order valence-corrected chi connectivity index (χ0v) is 11.9. The van der Waals surface area contributed by atoms with Crippen LogP contribution in [0.25, 0.3) is 0 Å². The van der Waals surface area contributed by atoms with Crippen molar-refractivity contribution in [1.29, 1.82) is 0 Å². The highest BCUT2D eigenvalue weighted by Crippen LogP contribution is 2.19. The van der Waals surface area contributed by atoms with Crippen molar-refractivity contribution in [1.82, 2.24) is 14.8 Å². The molecule has 0 unspecified atom stereocenters. The average Bonchev–Trinajstić information content (AvgIpc) is 2.69. The van der Waals surface area contributed by atoms with Gasteiger partial charge in [-0.3, -0.25) is 4.98 Å². The van der Waals surface area contributed by atoms with Gasteiger partial charge in [0, 0.05) is 12.3 Å². The van der Waals surface area contributed by atoms with Gasteiger partial charge in [0.1, 0.15) is 5.82 Å². The number of halogens is 2. The molecule has 0 spiro atoms. The third-order valence-electron chi connectivity index (χ3n) is 2.53. The second-order valence-electron chi connectivity index (χ2n) is 4.05. The first-order chi connectivity index (χ1) is 9.10. The smallest absolute Gasteiger partial charge is 0.124 e. The lowest BCUT2D eigenvalue weighted by atomic mass is 10.3. The molecule has 2 N–H and O–H groups in total. The van der Waals surface area contributed by atoms with Crippen molar-refractivity contribution in [2.75, 3.05) is 11.9 Å². The lowest BCUT2D eigenvalue weighted by Gasteiger charge is -2.09.